The second-order valence-corrected chi connectivity index (χ2v) is 5.50. The molecule has 1 heteroatoms. The monoisotopic (exact) mass is 256 g/mol. The minimum absolute atomic E-state index is 0.942. The van der Waals surface area contributed by atoms with Gasteiger partial charge in [0.2, 0.25) is 0 Å². The van der Waals surface area contributed by atoms with Crippen LogP contribution in [0.5, 0.6) is 0 Å². The van der Waals surface area contributed by atoms with Crippen LogP contribution in [0.1, 0.15) is 97.3 Å². The third kappa shape index (κ3) is 16.0. The maximum absolute atomic E-state index is 5.47. The predicted octanol–water partition coefficient (Wildman–Crippen LogP) is 6.11. The van der Waals surface area contributed by atoms with Crippen molar-refractivity contribution in [1.82, 2.24) is 0 Å². The third-order valence-electron chi connectivity index (χ3n) is 3.49. The molecule has 18 heavy (non-hydrogen) atoms. The van der Waals surface area contributed by atoms with E-state index in [2.05, 4.69) is 13.8 Å². The maximum atomic E-state index is 5.47. The van der Waals surface area contributed by atoms with E-state index in [-0.39, 0.29) is 0 Å². The van der Waals surface area contributed by atoms with Gasteiger partial charge in [-0.2, -0.15) is 0 Å². The van der Waals surface area contributed by atoms with E-state index < -0.39 is 0 Å². The molecule has 1 nitrogen and oxygen atoms in total. The van der Waals surface area contributed by atoms with Crippen LogP contribution in [0.4, 0.5) is 0 Å². The van der Waals surface area contributed by atoms with Gasteiger partial charge in [0.15, 0.2) is 0 Å². The number of unbranched alkanes of at least 4 members (excludes halogenated alkanes) is 11. The molecule has 0 atom stereocenters. The molecule has 0 unspecified atom stereocenters. The molecule has 0 aliphatic carbocycles. The van der Waals surface area contributed by atoms with Gasteiger partial charge in [0, 0.05) is 13.2 Å². The molecular weight excluding hydrogens is 220 g/mol. The summed E-state index contributed by atoms with van der Waals surface area (Å²) in [5.74, 6) is 0. The molecule has 110 valence electrons. The quantitative estimate of drug-likeness (QED) is 0.321. The van der Waals surface area contributed by atoms with E-state index in [4.69, 9.17) is 4.74 Å². The first kappa shape index (κ1) is 18.0. The predicted molar refractivity (Wildman–Crippen MR) is 82.2 cm³/mol. The van der Waals surface area contributed by atoms with Crippen molar-refractivity contribution in [2.75, 3.05) is 13.2 Å². The normalized spacial score (nSPS) is 11.0. The van der Waals surface area contributed by atoms with Crippen LogP contribution in [0.25, 0.3) is 0 Å². The molecule has 0 saturated carbocycles. The zero-order chi connectivity index (χ0) is 13.3. The van der Waals surface area contributed by atoms with Gasteiger partial charge in [-0.3, -0.25) is 0 Å². The van der Waals surface area contributed by atoms with Crippen LogP contribution in [0.15, 0.2) is 0 Å². The average Bonchev–Trinajstić information content (AvgIpc) is 2.39. The van der Waals surface area contributed by atoms with Crippen molar-refractivity contribution < 1.29 is 4.74 Å². The van der Waals surface area contributed by atoms with Crippen LogP contribution >= 0.6 is 0 Å². The van der Waals surface area contributed by atoms with Crippen molar-refractivity contribution in [3.63, 3.8) is 0 Å². The summed E-state index contributed by atoms with van der Waals surface area (Å²) in [5, 5.41) is 0. The highest BCUT2D eigenvalue weighted by atomic mass is 16.5. The first-order valence-corrected chi connectivity index (χ1v) is 8.49. The Morgan fingerprint density at radius 1 is 0.444 bits per heavy atom. The van der Waals surface area contributed by atoms with Crippen molar-refractivity contribution in [1.29, 1.82) is 0 Å². The Morgan fingerprint density at radius 3 is 1.33 bits per heavy atom. The summed E-state index contributed by atoms with van der Waals surface area (Å²) in [6, 6.07) is 0. The van der Waals surface area contributed by atoms with E-state index in [1.54, 1.807) is 0 Å². The SMILES string of the molecule is CCCCCCCCCCCCCCOCCC. The van der Waals surface area contributed by atoms with Gasteiger partial charge in [-0.1, -0.05) is 84.5 Å². The Balaban J connectivity index is 2.86. The molecule has 0 aliphatic heterocycles. The van der Waals surface area contributed by atoms with Crippen LogP contribution in [-0.2, 0) is 4.74 Å². The van der Waals surface area contributed by atoms with E-state index in [0.29, 0.717) is 0 Å². The van der Waals surface area contributed by atoms with Crippen LogP contribution in [0.3, 0.4) is 0 Å². The van der Waals surface area contributed by atoms with Gasteiger partial charge in [0.05, 0.1) is 0 Å². The van der Waals surface area contributed by atoms with Crippen molar-refractivity contribution in [2.24, 2.45) is 0 Å². The molecule has 0 aromatic heterocycles. The molecule has 0 aromatic rings. The van der Waals surface area contributed by atoms with Crippen LogP contribution in [0, 0.1) is 0 Å². The second kappa shape index (κ2) is 17.0. The third-order valence-corrected chi connectivity index (χ3v) is 3.49. The highest BCUT2D eigenvalue weighted by molar-refractivity contribution is 4.48. The summed E-state index contributed by atoms with van der Waals surface area (Å²) in [4.78, 5) is 0. The van der Waals surface area contributed by atoms with Gasteiger partial charge in [0.25, 0.3) is 0 Å². The number of ether oxygens (including phenoxy) is 1. The highest BCUT2D eigenvalue weighted by Crippen LogP contribution is 2.11. The first-order chi connectivity index (χ1) is 8.91. The Hall–Kier alpha value is -0.0400. The van der Waals surface area contributed by atoms with Gasteiger partial charge in [-0.05, 0) is 12.8 Å². The van der Waals surface area contributed by atoms with E-state index in [0.717, 1.165) is 19.6 Å². The summed E-state index contributed by atoms with van der Waals surface area (Å²) in [7, 11) is 0. The molecular formula is C17H36O. The Morgan fingerprint density at radius 2 is 0.889 bits per heavy atom. The summed E-state index contributed by atoms with van der Waals surface area (Å²) in [6.45, 7) is 6.37. The van der Waals surface area contributed by atoms with Gasteiger partial charge in [0.1, 0.15) is 0 Å². The lowest BCUT2D eigenvalue weighted by Crippen LogP contribution is -1.95. The molecule has 0 amide bonds. The van der Waals surface area contributed by atoms with E-state index >= 15 is 0 Å². The Kier molecular flexibility index (Phi) is 16.9. The van der Waals surface area contributed by atoms with Gasteiger partial charge in [-0.15, -0.1) is 0 Å². The van der Waals surface area contributed by atoms with Crippen LogP contribution in [0.2, 0.25) is 0 Å². The van der Waals surface area contributed by atoms with Gasteiger partial charge in [-0.25, -0.2) is 0 Å². The fraction of sp³-hybridized carbons (Fsp3) is 1.00. The Labute approximate surface area is 116 Å². The zero-order valence-corrected chi connectivity index (χ0v) is 13.0. The smallest absolute Gasteiger partial charge is 0.0466 e. The topological polar surface area (TPSA) is 9.23 Å². The molecule has 0 fully saturated rings. The summed E-state index contributed by atoms with van der Waals surface area (Å²) in [5.41, 5.74) is 0. The lowest BCUT2D eigenvalue weighted by molar-refractivity contribution is 0.130. The summed E-state index contributed by atoms with van der Waals surface area (Å²) < 4.78 is 5.47. The fourth-order valence-corrected chi connectivity index (χ4v) is 2.29. The fourth-order valence-electron chi connectivity index (χ4n) is 2.29. The van der Waals surface area contributed by atoms with Crippen LogP contribution in [-0.4, -0.2) is 13.2 Å². The number of hydrogen-bond acceptors (Lipinski definition) is 1. The molecule has 0 aliphatic rings. The van der Waals surface area contributed by atoms with Crippen molar-refractivity contribution in [3.8, 4) is 0 Å². The summed E-state index contributed by atoms with van der Waals surface area (Å²) in [6.07, 6.45) is 18.2. The Bertz CT molecular complexity index is 118. The minimum Gasteiger partial charge on any atom is -0.381 e. The lowest BCUT2D eigenvalue weighted by atomic mass is 10.1. The molecule has 0 spiro atoms. The van der Waals surface area contributed by atoms with Crippen LogP contribution < -0.4 is 0 Å². The zero-order valence-electron chi connectivity index (χ0n) is 13.0. The van der Waals surface area contributed by atoms with E-state index in [9.17, 15) is 0 Å². The highest BCUT2D eigenvalue weighted by Gasteiger charge is 1.93. The lowest BCUT2D eigenvalue weighted by Gasteiger charge is -2.03. The van der Waals surface area contributed by atoms with Crippen molar-refractivity contribution in [2.45, 2.75) is 97.3 Å². The molecule has 0 bridgehead atoms. The second-order valence-electron chi connectivity index (χ2n) is 5.50. The molecule has 0 saturated heterocycles. The van der Waals surface area contributed by atoms with Crippen molar-refractivity contribution in [3.05, 3.63) is 0 Å². The van der Waals surface area contributed by atoms with Gasteiger partial charge >= 0.3 is 0 Å². The molecule has 0 heterocycles. The molecule has 0 aromatic carbocycles. The van der Waals surface area contributed by atoms with E-state index in [1.165, 1.54) is 77.0 Å². The molecule has 0 N–H and O–H groups in total. The standard InChI is InChI=1S/C17H36O/c1-3-5-6-7-8-9-10-11-12-13-14-15-17-18-16-4-2/h3-17H2,1-2H3. The largest absolute Gasteiger partial charge is 0.381 e. The number of rotatable bonds is 15. The van der Waals surface area contributed by atoms with Gasteiger partial charge < -0.3 is 4.74 Å². The number of hydrogen-bond donors (Lipinski definition) is 0. The average molecular weight is 256 g/mol. The minimum atomic E-state index is 0.942. The summed E-state index contributed by atoms with van der Waals surface area (Å²) >= 11 is 0. The molecule has 0 radical (unpaired) electrons. The maximum Gasteiger partial charge on any atom is 0.0466 e. The molecule has 0 rings (SSSR count). The first-order valence-electron chi connectivity index (χ1n) is 8.49. The van der Waals surface area contributed by atoms with E-state index in [1.807, 2.05) is 0 Å². The van der Waals surface area contributed by atoms with Crippen molar-refractivity contribution >= 4 is 0 Å².